The van der Waals surface area contributed by atoms with E-state index < -0.39 is 29.6 Å². The van der Waals surface area contributed by atoms with Crippen LogP contribution in [0.5, 0.6) is 11.5 Å². The largest absolute Gasteiger partial charge is 0.467 e. The zero-order chi connectivity index (χ0) is 27.0. The highest BCUT2D eigenvalue weighted by molar-refractivity contribution is 5.83. The SMILES string of the molecule is COC(=O)C(CCC(N)=O)N(NC(=O)OC(C)(C)C)c1ccc(Oc2ccc(-n3cccc3)cc2)cc1. The lowest BCUT2D eigenvalue weighted by Crippen LogP contribution is -2.54. The Morgan fingerprint density at radius 1 is 0.973 bits per heavy atom. The number of benzene rings is 2. The molecule has 0 aliphatic carbocycles. The van der Waals surface area contributed by atoms with E-state index in [2.05, 4.69) is 5.43 Å². The van der Waals surface area contributed by atoms with Gasteiger partial charge in [0, 0.05) is 24.5 Å². The summed E-state index contributed by atoms with van der Waals surface area (Å²) < 4.78 is 18.2. The fourth-order valence-electron chi connectivity index (χ4n) is 3.49. The number of methoxy groups -OCH3 is 1. The van der Waals surface area contributed by atoms with Gasteiger partial charge in [0.15, 0.2) is 0 Å². The Hall–Kier alpha value is -4.47. The Balaban J connectivity index is 1.81. The monoisotopic (exact) mass is 508 g/mol. The van der Waals surface area contributed by atoms with Crippen molar-refractivity contribution in [3.63, 3.8) is 0 Å². The van der Waals surface area contributed by atoms with Crippen LogP contribution < -0.4 is 20.9 Å². The minimum absolute atomic E-state index is 0.0177. The summed E-state index contributed by atoms with van der Waals surface area (Å²) in [6.45, 7) is 5.16. The number of amides is 2. The Labute approximate surface area is 215 Å². The maximum absolute atomic E-state index is 12.6. The van der Waals surface area contributed by atoms with Crippen molar-refractivity contribution in [1.29, 1.82) is 0 Å². The molecule has 0 aliphatic rings. The molecule has 3 rings (SSSR count). The molecular formula is C27H32N4O6. The van der Waals surface area contributed by atoms with Crippen LogP contribution in [0.1, 0.15) is 33.6 Å². The molecule has 0 fully saturated rings. The van der Waals surface area contributed by atoms with Gasteiger partial charge >= 0.3 is 12.1 Å². The zero-order valence-corrected chi connectivity index (χ0v) is 21.3. The highest BCUT2D eigenvalue weighted by atomic mass is 16.6. The lowest BCUT2D eigenvalue weighted by molar-refractivity contribution is -0.142. The first kappa shape index (κ1) is 27.1. The van der Waals surface area contributed by atoms with Gasteiger partial charge in [0.1, 0.15) is 23.1 Å². The van der Waals surface area contributed by atoms with Gasteiger partial charge in [-0.3, -0.25) is 9.80 Å². The van der Waals surface area contributed by atoms with Gasteiger partial charge in [0.05, 0.1) is 12.8 Å². The first-order valence-electron chi connectivity index (χ1n) is 11.7. The number of ether oxygens (including phenoxy) is 3. The molecule has 3 N–H and O–H groups in total. The predicted molar refractivity (Wildman–Crippen MR) is 138 cm³/mol. The summed E-state index contributed by atoms with van der Waals surface area (Å²) in [6, 6.07) is 17.2. The van der Waals surface area contributed by atoms with E-state index in [0.717, 1.165) is 5.69 Å². The topological polar surface area (TPSA) is 125 Å². The number of nitrogens with zero attached hydrogens (tertiary/aromatic N) is 2. The Morgan fingerprint density at radius 3 is 2.05 bits per heavy atom. The van der Waals surface area contributed by atoms with Crippen molar-refractivity contribution in [2.75, 3.05) is 12.1 Å². The van der Waals surface area contributed by atoms with Crippen LogP contribution in [-0.4, -0.2) is 41.3 Å². The summed E-state index contributed by atoms with van der Waals surface area (Å²) in [4.78, 5) is 36.6. The van der Waals surface area contributed by atoms with Crippen LogP contribution in [0, 0.1) is 0 Å². The van der Waals surface area contributed by atoms with Crippen LogP contribution in [-0.2, 0) is 19.1 Å². The summed E-state index contributed by atoms with van der Waals surface area (Å²) in [5.74, 6) is -0.0548. The molecule has 0 aliphatic heterocycles. The second-order valence-corrected chi connectivity index (χ2v) is 9.21. The number of hydrogen-bond acceptors (Lipinski definition) is 7. The number of rotatable bonds is 10. The molecule has 1 heterocycles. The van der Waals surface area contributed by atoms with Crippen LogP contribution in [0.4, 0.5) is 10.5 Å². The lowest BCUT2D eigenvalue weighted by atomic mass is 10.1. The maximum atomic E-state index is 12.6. The van der Waals surface area contributed by atoms with E-state index in [-0.39, 0.29) is 12.8 Å². The van der Waals surface area contributed by atoms with Gasteiger partial charge in [0.25, 0.3) is 0 Å². The zero-order valence-electron chi connectivity index (χ0n) is 21.3. The molecule has 10 heteroatoms. The first-order valence-corrected chi connectivity index (χ1v) is 11.7. The Bertz CT molecular complexity index is 1190. The van der Waals surface area contributed by atoms with E-state index >= 15 is 0 Å². The molecule has 2 aromatic carbocycles. The molecule has 196 valence electrons. The fourth-order valence-corrected chi connectivity index (χ4v) is 3.49. The third-order valence-corrected chi connectivity index (χ3v) is 5.15. The van der Waals surface area contributed by atoms with Gasteiger partial charge in [0.2, 0.25) is 5.91 Å². The number of hydrazine groups is 1. The molecule has 0 saturated carbocycles. The maximum Gasteiger partial charge on any atom is 0.426 e. The molecule has 1 atom stereocenters. The van der Waals surface area contributed by atoms with Crippen molar-refractivity contribution in [3.8, 4) is 17.2 Å². The van der Waals surface area contributed by atoms with E-state index in [1.54, 1.807) is 45.0 Å². The van der Waals surface area contributed by atoms with Crippen molar-refractivity contribution >= 4 is 23.7 Å². The molecule has 3 aromatic rings. The van der Waals surface area contributed by atoms with E-state index in [0.29, 0.717) is 17.2 Å². The van der Waals surface area contributed by atoms with Gasteiger partial charge in [-0.15, -0.1) is 0 Å². The summed E-state index contributed by atoms with van der Waals surface area (Å²) in [7, 11) is 1.23. The molecule has 2 amide bonds. The number of carbonyl (C=O) groups is 3. The minimum atomic E-state index is -1.03. The molecule has 37 heavy (non-hydrogen) atoms. The second-order valence-electron chi connectivity index (χ2n) is 9.21. The molecule has 0 bridgehead atoms. The van der Waals surface area contributed by atoms with Crippen molar-refractivity contribution in [3.05, 3.63) is 73.1 Å². The molecule has 1 aromatic heterocycles. The highest BCUT2D eigenvalue weighted by Crippen LogP contribution is 2.27. The molecule has 0 radical (unpaired) electrons. The third-order valence-electron chi connectivity index (χ3n) is 5.15. The van der Waals surface area contributed by atoms with Gasteiger partial charge in [-0.05, 0) is 87.9 Å². The van der Waals surface area contributed by atoms with Crippen LogP contribution in [0.25, 0.3) is 5.69 Å². The molecular weight excluding hydrogens is 476 g/mol. The number of carbonyl (C=O) groups excluding carboxylic acids is 3. The number of primary amides is 1. The molecule has 10 nitrogen and oxygen atoms in total. The fraction of sp³-hybridized carbons (Fsp3) is 0.296. The lowest BCUT2D eigenvalue weighted by Gasteiger charge is -2.32. The van der Waals surface area contributed by atoms with Crippen LogP contribution in [0.15, 0.2) is 73.1 Å². The number of anilines is 1. The normalized spacial score (nSPS) is 11.8. The van der Waals surface area contributed by atoms with Gasteiger partial charge in [-0.25, -0.2) is 15.0 Å². The van der Waals surface area contributed by atoms with Crippen molar-refractivity contribution in [2.24, 2.45) is 5.73 Å². The predicted octanol–water partition coefficient (Wildman–Crippen LogP) is 4.32. The van der Waals surface area contributed by atoms with E-state index in [1.165, 1.54) is 12.1 Å². The van der Waals surface area contributed by atoms with E-state index in [9.17, 15) is 14.4 Å². The molecule has 0 spiro atoms. The van der Waals surface area contributed by atoms with Crippen LogP contribution in [0.3, 0.4) is 0 Å². The summed E-state index contributed by atoms with van der Waals surface area (Å²) in [5, 5.41) is 1.30. The number of nitrogens with two attached hydrogens (primary N) is 1. The number of esters is 1. The number of nitrogens with one attached hydrogen (secondary N) is 1. The number of aromatic nitrogens is 1. The first-order chi connectivity index (χ1) is 17.6. The average molecular weight is 509 g/mol. The summed E-state index contributed by atoms with van der Waals surface area (Å²) in [6.07, 6.45) is 3.06. The Morgan fingerprint density at radius 2 is 1.54 bits per heavy atom. The highest BCUT2D eigenvalue weighted by Gasteiger charge is 2.30. The van der Waals surface area contributed by atoms with Gasteiger partial charge in [-0.2, -0.15) is 0 Å². The van der Waals surface area contributed by atoms with E-state index in [1.807, 2.05) is 53.4 Å². The average Bonchev–Trinajstić information content (AvgIpc) is 3.38. The molecule has 0 saturated heterocycles. The van der Waals surface area contributed by atoms with Gasteiger partial charge in [-0.1, -0.05) is 0 Å². The van der Waals surface area contributed by atoms with Crippen molar-refractivity contribution < 1.29 is 28.6 Å². The van der Waals surface area contributed by atoms with Crippen LogP contribution in [0.2, 0.25) is 0 Å². The summed E-state index contributed by atoms with van der Waals surface area (Å²) >= 11 is 0. The third kappa shape index (κ3) is 8.03. The standard InChI is InChI=1S/C27H32N4O6/c1-27(2,3)37-26(34)29-31(23(25(33)35-4)15-16-24(28)32)20-9-13-22(14-10-20)36-21-11-7-19(8-12-21)30-17-5-6-18-30/h5-14,17-18,23H,15-16H2,1-4H3,(H2,28,32)(H,29,34). The van der Waals surface area contributed by atoms with Crippen molar-refractivity contribution in [1.82, 2.24) is 9.99 Å². The quantitative estimate of drug-likeness (QED) is 0.309. The minimum Gasteiger partial charge on any atom is -0.467 e. The smallest absolute Gasteiger partial charge is 0.426 e. The molecule has 1 unspecified atom stereocenters. The number of hydrogen-bond donors (Lipinski definition) is 2. The van der Waals surface area contributed by atoms with Crippen molar-refractivity contribution in [2.45, 2.75) is 45.3 Å². The Kier molecular flexibility index (Phi) is 8.78. The van der Waals surface area contributed by atoms with E-state index in [4.69, 9.17) is 19.9 Å². The van der Waals surface area contributed by atoms with Crippen LogP contribution >= 0.6 is 0 Å². The van der Waals surface area contributed by atoms with Gasteiger partial charge < -0.3 is 24.5 Å². The summed E-state index contributed by atoms with van der Waals surface area (Å²) in [5.41, 5.74) is 8.57. The second kappa shape index (κ2) is 12.0.